The highest BCUT2D eigenvalue weighted by molar-refractivity contribution is 5.91. The van der Waals surface area contributed by atoms with Crippen LogP contribution in [0, 0.1) is 13.8 Å². The fourth-order valence-electron chi connectivity index (χ4n) is 2.56. The average Bonchev–Trinajstić information content (AvgIpc) is 2.56. The number of rotatable bonds is 4. The van der Waals surface area contributed by atoms with Crippen molar-refractivity contribution in [1.82, 2.24) is 0 Å². The van der Waals surface area contributed by atoms with E-state index in [-0.39, 0.29) is 5.91 Å². The third kappa shape index (κ3) is 3.83. The molecule has 0 aromatic heterocycles. The Kier molecular flexibility index (Phi) is 4.51. The largest absolute Gasteiger partial charge is 0.486 e. The Hall–Kier alpha value is -2.49. The molecule has 0 bridgehead atoms. The maximum absolute atomic E-state index is 12.1. The third-order valence-corrected chi connectivity index (χ3v) is 4.04. The highest BCUT2D eigenvalue weighted by atomic mass is 16.6. The summed E-state index contributed by atoms with van der Waals surface area (Å²) < 4.78 is 11.0. The Balaban J connectivity index is 1.57. The molecule has 0 saturated carbocycles. The van der Waals surface area contributed by atoms with E-state index in [2.05, 4.69) is 37.4 Å². The fraction of sp³-hybridized carbons (Fsp3) is 0.316. The van der Waals surface area contributed by atoms with Crippen molar-refractivity contribution in [3.8, 4) is 11.5 Å². The van der Waals surface area contributed by atoms with E-state index in [1.54, 1.807) is 0 Å². The van der Waals surface area contributed by atoms with Crippen molar-refractivity contribution < 1.29 is 14.3 Å². The van der Waals surface area contributed by atoms with Gasteiger partial charge in [0.05, 0.1) is 0 Å². The van der Waals surface area contributed by atoms with Crippen molar-refractivity contribution in [1.29, 1.82) is 0 Å². The second kappa shape index (κ2) is 6.73. The van der Waals surface area contributed by atoms with Gasteiger partial charge < -0.3 is 14.8 Å². The lowest BCUT2D eigenvalue weighted by Crippen LogP contribution is -2.16. The lowest BCUT2D eigenvalue weighted by atomic mass is 10.0. The minimum absolute atomic E-state index is 0.0000872. The summed E-state index contributed by atoms with van der Waals surface area (Å²) in [6.07, 6.45) is 1.19. The number of aryl methyl sites for hydroxylation is 3. The van der Waals surface area contributed by atoms with Crippen molar-refractivity contribution in [2.75, 3.05) is 18.5 Å². The predicted molar refractivity (Wildman–Crippen MR) is 90.3 cm³/mol. The molecule has 1 amide bonds. The van der Waals surface area contributed by atoms with E-state index in [1.165, 1.54) is 16.7 Å². The number of amides is 1. The molecule has 0 aliphatic carbocycles. The molecule has 120 valence electrons. The van der Waals surface area contributed by atoms with Gasteiger partial charge in [-0.05, 0) is 49.1 Å². The molecule has 4 nitrogen and oxygen atoms in total. The van der Waals surface area contributed by atoms with Crippen molar-refractivity contribution >= 4 is 11.6 Å². The second-order valence-electron chi connectivity index (χ2n) is 5.83. The van der Waals surface area contributed by atoms with Crippen LogP contribution in [0.3, 0.4) is 0 Å². The Morgan fingerprint density at radius 1 is 1.00 bits per heavy atom. The van der Waals surface area contributed by atoms with Gasteiger partial charge in [-0.3, -0.25) is 4.79 Å². The number of fused-ring (bicyclic) bond motifs is 1. The van der Waals surface area contributed by atoms with Crippen molar-refractivity contribution in [2.24, 2.45) is 0 Å². The number of carbonyl (C=O) groups is 1. The van der Waals surface area contributed by atoms with Crippen molar-refractivity contribution in [3.05, 3.63) is 53.1 Å². The van der Waals surface area contributed by atoms with Crippen LogP contribution >= 0.6 is 0 Å². The summed E-state index contributed by atoms with van der Waals surface area (Å²) >= 11 is 0. The first-order valence-electron chi connectivity index (χ1n) is 7.87. The Bertz CT molecular complexity index is 725. The van der Waals surface area contributed by atoms with Crippen molar-refractivity contribution in [3.63, 3.8) is 0 Å². The number of hydrogen-bond donors (Lipinski definition) is 1. The molecule has 1 heterocycles. The van der Waals surface area contributed by atoms with Gasteiger partial charge in [0.15, 0.2) is 11.5 Å². The molecule has 1 N–H and O–H groups in total. The summed E-state index contributed by atoms with van der Waals surface area (Å²) in [6.45, 7) is 5.29. The number of ether oxygens (including phenoxy) is 2. The third-order valence-electron chi connectivity index (χ3n) is 4.04. The standard InChI is InChI=1S/C19H21NO3/c1-13-3-4-15(11-14(13)2)5-8-19(21)20-16-6-7-17-18(12-16)23-10-9-22-17/h3-4,6-7,11-12H,5,8-10H2,1-2H3,(H,20,21). The predicted octanol–water partition coefficient (Wildman–Crippen LogP) is 3.65. The molecule has 0 atom stereocenters. The van der Waals surface area contributed by atoms with Gasteiger partial charge in [0.2, 0.25) is 5.91 Å². The first-order chi connectivity index (χ1) is 11.1. The van der Waals surface area contributed by atoms with Gasteiger partial charge in [-0.2, -0.15) is 0 Å². The van der Waals surface area contributed by atoms with Crippen LogP contribution in [0.5, 0.6) is 11.5 Å². The molecule has 0 unspecified atom stereocenters. The topological polar surface area (TPSA) is 47.6 Å². The highest BCUT2D eigenvalue weighted by Crippen LogP contribution is 2.32. The van der Waals surface area contributed by atoms with E-state index in [4.69, 9.17) is 9.47 Å². The summed E-state index contributed by atoms with van der Waals surface area (Å²) in [5, 5.41) is 2.91. The van der Waals surface area contributed by atoms with Gasteiger partial charge in [0.25, 0.3) is 0 Å². The number of carbonyl (C=O) groups excluding carboxylic acids is 1. The van der Waals surface area contributed by atoms with Crippen LogP contribution in [0.4, 0.5) is 5.69 Å². The minimum atomic E-state index is -0.0000872. The number of benzene rings is 2. The van der Waals surface area contributed by atoms with Gasteiger partial charge in [-0.1, -0.05) is 18.2 Å². The van der Waals surface area contributed by atoms with E-state index in [0.717, 1.165) is 17.9 Å². The molecule has 3 rings (SSSR count). The van der Waals surface area contributed by atoms with E-state index < -0.39 is 0 Å². The zero-order valence-electron chi connectivity index (χ0n) is 13.5. The molecule has 1 aliphatic rings. The minimum Gasteiger partial charge on any atom is -0.486 e. The van der Waals surface area contributed by atoms with Crippen LogP contribution in [0.1, 0.15) is 23.1 Å². The normalized spacial score (nSPS) is 12.8. The summed E-state index contributed by atoms with van der Waals surface area (Å²) in [7, 11) is 0. The van der Waals surface area contributed by atoms with E-state index in [9.17, 15) is 4.79 Å². The summed E-state index contributed by atoms with van der Waals surface area (Å²) in [4.78, 5) is 12.1. The summed E-state index contributed by atoms with van der Waals surface area (Å²) in [6, 6.07) is 11.8. The Morgan fingerprint density at radius 2 is 1.78 bits per heavy atom. The summed E-state index contributed by atoms with van der Waals surface area (Å²) in [5.41, 5.74) is 4.45. The second-order valence-corrected chi connectivity index (χ2v) is 5.83. The fourth-order valence-corrected chi connectivity index (χ4v) is 2.56. The van der Waals surface area contributed by atoms with Gasteiger partial charge in [-0.15, -0.1) is 0 Å². The number of anilines is 1. The van der Waals surface area contributed by atoms with Crippen LogP contribution in [0.25, 0.3) is 0 Å². The zero-order valence-corrected chi connectivity index (χ0v) is 13.5. The first kappa shape index (κ1) is 15.4. The lowest BCUT2D eigenvalue weighted by molar-refractivity contribution is -0.116. The lowest BCUT2D eigenvalue weighted by Gasteiger charge is -2.19. The SMILES string of the molecule is Cc1ccc(CCC(=O)Nc2ccc3c(c2)OCCO3)cc1C. The monoisotopic (exact) mass is 311 g/mol. The maximum Gasteiger partial charge on any atom is 0.224 e. The Morgan fingerprint density at radius 3 is 2.57 bits per heavy atom. The van der Waals surface area contributed by atoms with E-state index in [0.29, 0.717) is 25.4 Å². The molecule has 0 fully saturated rings. The average molecular weight is 311 g/mol. The first-order valence-corrected chi connectivity index (χ1v) is 7.87. The molecule has 0 radical (unpaired) electrons. The molecule has 4 heteroatoms. The van der Waals surface area contributed by atoms with Crippen LogP contribution in [-0.2, 0) is 11.2 Å². The van der Waals surface area contributed by atoms with Crippen LogP contribution < -0.4 is 14.8 Å². The molecule has 23 heavy (non-hydrogen) atoms. The molecular weight excluding hydrogens is 290 g/mol. The molecule has 0 spiro atoms. The van der Waals surface area contributed by atoms with E-state index >= 15 is 0 Å². The van der Waals surface area contributed by atoms with Crippen LogP contribution in [-0.4, -0.2) is 19.1 Å². The number of nitrogens with one attached hydrogen (secondary N) is 1. The molecule has 1 aliphatic heterocycles. The van der Waals surface area contributed by atoms with Gasteiger partial charge in [0, 0.05) is 18.2 Å². The maximum atomic E-state index is 12.1. The Labute approximate surface area is 136 Å². The molecule has 0 saturated heterocycles. The van der Waals surface area contributed by atoms with Gasteiger partial charge in [-0.25, -0.2) is 0 Å². The molecule has 2 aromatic carbocycles. The van der Waals surface area contributed by atoms with Gasteiger partial charge in [0.1, 0.15) is 13.2 Å². The zero-order chi connectivity index (χ0) is 16.2. The van der Waals surface area contributed by atoms with Crippen LogP contribution in [0.15, 0.2) is 36.4 Å². The van der Waals surface area contributed by atoms with Crippen molar-refractivity contribution in [2.45, 2.75) is 26.7 Å². The highest BCUT2D eigenvalue weighted by Gasteiger charge is 2.12. The summed E-state index contributed by atoms with van der Waals surface area (Å²) in [5.74, 6) is 1.41. The van der Waals surface area contributed by atoms with Gasteiger partial charge >= 0.3 is 0 Å². The molecule has 2 aromatic rings. The van der Waals surface area contributed by atoms with E-state index in [1.807, 2.05) is 18.2 Å². The van der Waals surface area contributed by atoms with Crippen LogP contribution in [0.2, 0.25) is 0 Å². The quantitative estimate of drug-likeness (QED) is 0.937. The number of hydrogen-bond acceptors (Lipinski definition) is 3. The smallest absolute Gasteiger partial charge is 0.224 e. The molecular formula is C19H21NO3.